The van der Waals surface area contributed by atoms with Gasteiger partial charge in [0, 0.05) is 42.0 Å². The molecule has 0 fully saturated rings. The highest BCUT2D eigenvalue weighted by Gasteiger charge is 2.16. The van der Waals surface area contributed by atoms with E-state index in [0.717, 1.165) is 17.4 Å². The molecule has 32 heavy (non-hydrogen) atoms. The number of hydrogen-bond donors (Lipinski definition) is 2. The summed E-state index contributed by atoms with van der Waals surface area (Å²) in [4.78, 5) is 12.7. The van der Waals surface area contributed by atoms with Crippen LogP contribution in [-0.4, -0.2) is 32.6 Å². The highest BCUT2D eigenvalue weighted by Crippen LogP contribution is 2.21. The van der Waals surface area contributed by atoms with Gasteiger partial charge in [0.1, 0.15) is 5.76 Å². The van der Waals surface area contributed by atoms with Gasteiger partial charge in [0.25, 0.3) is 5.91 Å². The number of fused-ring (bicyclic) bond motifs is 1. The maximum atomic E-state index is 12.6. The van der Waals surface area contributed by atoms with Gasteiger partial charge in [0.05, 0.1) is 24.3 Å². The van der Waals surface area contributed by atoms with Crippen molar-refractivity contribution >= 4 is 32.5 Å². The number of benzene rings is 2. The van der Waals surface area contributed by atoms with E-state index >= 15 is 0 Å². The first-order chi connectivity index (χ1) is 15.5. The summed E-state index contributed by atoms with van der Waals surface area (Å²) in [5.41, 5.74) is 2.06. The Morgan fingerprint density at radius 1 is 1.09 bits per heavy atom. The zero-order valence-electron chi connectivity index (χ0n) is 17.4. The molecule has 1 amide bonds. The van der Waals surface area contributed by atoms with Gasteiger partial charge in [0.15, 0.2) is 0 Å². The standard InChI is InChI=1S/C23H23N3O5S/c1-30-14-12-26-11-10-18-15-19(6-9-22(18)26)25-23(27)17-4-7-21(8-5-17)32(28,29)24-16-20-3-2-13-31-20/h2-11,13,15,24H,12,14,16H2,1H3,(H,25,27). The zero-order chi connectivity index (χ0) is 22.6. The van der Waals surface area contributed by atoms with Gasteiger partial charge in [-0.3, -0.25) is 4.79 Å². The Morgan fingerprint density at radius 3 is 2.62 bits per heavy atom. The van der Waals surface area contributed by atoms with Crippen molar-refractivity contribution in [1.82, 2.24) is 9.29 Å². The molecule has 0 aliphatic heterocycles. The van der Waals surface area contributed by atoms with Crippen LogP contribution in [0.2, 0.25) is 0 Å². The zero-order valence-corrected chi connectivity index (χ0v) is 18.3. The van der Waals surface area contributed by atoms with Crippen LogP contribution in [-0.2, 0) is 27.8 Å². The molecule has 4 aromatic rings. The molecule has 4 rings (SSSR count). The lowest BCUT2D eigenvalue weighted by atomic mass is 10.2. The highest BCUT2D eigenvalue weighted by molar-refractivity contribution is 7.89. The minimum Gasteiger partial charge on any atom is -0.468 e. The first-order valence-electron chi connectivity index (χ1n) is 9.97. The van der Waals surface area contributed by atoms with Crippen LogP contribution in [0.4, 0.5) is 5.69 Å². The van der Waals surface area contributed by atoms with E-state index in [2.05, 4.69) is 14.6 Å². The fourth-order valence-electron chi connectivity index (χ4n) is 3.31. The maximum absolute atomic E-state index is 12.6. The lowest BCUT2D eigenvalue weighted by Crippen LogP contribution is -2.23. The fraction of sp³-hybridized carbons (Fsp3) is 0.174. The average Bonchev–Trinajstić information content (AvgIpc) is 3.46. The molecule has 166 valence electrons. The summed E-state index contributed by atoms with van der Waals surface area (Å²) < 4.78 is 39.7. The third-order valence-electron chi connectivity index (χ3n) is 5.01. The van der Waals surface area contributed by atoms with Gasteiger partial charge in [-0.2, -0.15) is 0 Å². The van der Waals surface area contributed by atoms with Crippen molar-refractivity contribution < 1.29 is 22.4 Å². The number of rotatable bonds is 9. The lowest BCUT2D eigenvalue weighted by molar-refractivity contribution is 0.102. The molecular weight excluding hydrogens is 430 g/mol. The Kier molecular flexibility index (Phi) is 6.40. The molecule has 0 unspecified atom stereocenters. The fourth-order valence-corrected chi connectivity index (χ4v) is 4.31. The van der Waals surface area contributed by atoms with E-state index in [-0.39, 0.29) is 17.3 Å². The van der Waals surface area contributed by atoms with E-state index in [1.807, 2.05) is 30.5 Å². The van der Waals surface area contributed by atoms with Crippen molar-refractivity contribution in [2.24, 2.45) is 0 Å². The first kappa shape index (κ1) is 21.8. The van der Waals surface area contributed by atoms with Crippen LogP contribution in [0.1, 0.15) is 16.1 Å². The molecule has 0 radical (unpaired) electrons. The van der Waals surface area contributed by atoms with Gasteiger partial charge in [0.2, 0.25) is 10.0 Å². The van der Waals surface area contributed by atoms with Gasteiger partial charge in [-0.15, -0.1) is 0 Å². The summed E-state index contributed by atoms with van der Waals surface area (Å²) in [5.74, 6) is 0.186. The summed E-state index contributed by atoms with van der Waals surface area (Å²) in [7, 11) is -2.05. The number of furan rings is 1. The van der Waals surface area contributed by atoms with Crippen molar-refractivity contribution in [2.75, 3.05) is 19.0 Å². The molecular formula is C23H23N3O5S. The normalized spacial score (nSPS) is 11.7. The predicted molar refractivity (Wildman–Crippen MR) is 121 cm³/mol. The lowest BCUT2D eigenvalue weighted by Gasteiger charge is -2.09. The van der Waals surface area contributed by atoms with Gasteiger partial charge in [-0.05, 0) is 60.7 Å². The molecule has 0 aliphatic carbocycles. The largest absolute Gasteiger partial charge is 0.468 e. The number of aromatic nitrogens is 1. The molecule has 2 N–H and O–H groups in total. The van der Waals surface area contributed by atoms with E-state index in [1.54, 1.807) is 19.2 Å². The molecule has 0 saturated heterocycles. The molecule has 0 bridgehead atoms. The maximum Gasteiger partial charge on any atom is 0.255 e. The summed E-state index contributed by atoms with van der Waals surface area (Å²) in [6.07, 6.45) is 3.46. The monoisotopic (exact) mass is 453 g/mol. The van der Waals surface area contributed by atoms with Crippen LogP contribution in [0.5, 0.6) is 0 Å². The number of nitrogens with one attached hydrogen (secondary N) is 2. The molecule has 8 nitrogen and oxygen atoms in total. The van der Waals surface area contributed by atoms with Crippen LogP contribution < -0.4 is 10.0 Å². The number of nitrogens with zero attached hydrogens (tertiary/aromatic N) is 1. The van der Waals surface area contributed by atoms with Crippen LogP contribution in [0.15, 0.2) is 82.4 Å². The number of anilines is 1. The summed E-state index contributed by atoms with van der Waals surface area (Å²) in [6, 6.07) is 16.8. The Morgan fingerprint density at radius 2 is 1.91 bits per heavy atom. The Hall–Kier alpha value is -3.40. The van der Waals surface area contributed by atoms with E-state index in [1.165, 1.54) is 30.5 Å². The third kappa shape index (κ3) is 4.91. The summed E-state index contributed by atoms with van der Waals surface area (Å²) in [6.45, 7) is 1.41. The van der Waals surface area contributed by atoms with Crippen molar-refractivity contribution in [2.45, 2.75) is 18.0 Å². The van der Waals surface area contributed by atoms with Crippen molar-refractivity contribution in [3.8, 4) is 0 Å². The van der Waals surface area contributed by atoms with E-state index in [4.69, 9.17) is 9.15 Å². The Balaban J connectivity index is 1.42. The molecule has 0 aliphatic rings. The molecule has 0 atom stereocenters. The second-order valence-electron chi connectivity index (χ2n) is 7.16. The van der Waals surface area contributed by atoms with E-state index in [0.29, 0.717) is 23.6 Å². The van der Waals surface area contributed by atoms with E-state index in [9.17, 15) is 13.2 Å². The Bertz CT molecular complexity index is 1310. The number of amides is 1. The van der Waals surface area contributed by atoms with Crippen molar-refractivity contribution in [3.05, 3.63) is 84.4 Å². The van der Waals surface area contributed by atoms with Crippen molar-refractivity contribution in [1.29, 1.82) is 0 Å². The molecule has 2 heterocycles. The summed E-state index contributed by atoms with van der Waals surface area (Å²) >= 11 is 0. The highest BCUT2D eigenvalue weighted by atomic mass is 32.2. The minimum absolute atomic E-state index is 0.0489. The number of sulfonamides is 1. The number of ether oxygens (including phenoxy) is 1. The minimum atomic E-state index is -3.72. The topological polar surface area (TPSA) is 103 Å². The smallest absolute Gasteiger partial charge is 0.255 e. The summed E-state index contributed by atoms with van der Waals surface area (Å²) in [5, 5.41) is 3.86. The van der Waals surface area contributed by atoms with Gasteiger partial charge >= 0.3 is 0 Å². The van der Waals surface area contributed by atoms with E-state index < -0.39 is 10.0 Å². The second-order valence-corrected chi connectivity index (χ2v) is 8.92. The molecule has 2 aromatic carbocycles. The van der Waals surface area contributed by atoms with Crippen molar-refractivity contribution in [3.63, 3.8) is 0 Å². The predicted octanol–water partition coefficient (Wildman–Crippen LogP) is 3.61. The average molecular weight is 454 g/mol. The third-order valence-corrected chi connectivity index (χ3v) is 6.43. The van der Waals surface area contributed by atoms with Gasteiger partial charge < -0.3 is 19.0 Å². The Labute approximate surface area is 185 Å². The SMILES string of the molecule is COCCn1ccc2cc(NC(=O)c3ccc(S(=O)(=O)NCc4ccco4)cc3)ccc21. The van der Waals surface area contributed by atoms with Crippen LogP contribution in [0.25, 0.3) is 10.9 Å². The molecule has 2 aromatic heterocycles. The number of carbonyl (C=O) groups excluding carboxylic acids is 1. The first-order valence-corrected chi connectivity index (χ1v) is 11.5. The second kappa shape index (κ2) is 9.39. The number of methoxy groups -OCH3 is 1. The number of hydrogen-bond acceptors (Lipinski definition) is 5. The molecule has 0 saturated carbocycles. The quantitative estimate of drug-likeness (QED) is 0.403. The molecule has 0 spiro atoms. The van der Waals surface area contributed by atoms with Gasteiger partial charge in [-0.25, -0.2) is 13.1 Å². The van der Waals surface area contributed by atoms with Crippen LogP contribution >= 0.6 is 0 Å². The number of carbonyl (C=O) groups is 1. The van der Waals surface area contributed by atoms with Crippen LogP contribution in [0.3, 0.4) is 0 Å². The van der Waals surface area contributed by atoms with Crippen LogP contribution in [0, 0.1) is 0 Å². The van der Waals surface area contributed by atoms with Gasteiger partial charge in [-0.1, -0.05) is 0 Å². The molecule has 9 heteroatoms.